The average Bonchev–Trinajstić information content (AvgIpc) is 2.64. The molecule has 1 atom stereocenters. The lowest BCUT2D eigenvalue weighted by Gasteiger charge is -2.29. The topological polar surface area (TPSA) is 108 Å². The molecule has 156 valence electrons. The smallest absolute Gasteiger partial charge is 0.280 e. The molecule has 2 rings (SSSR count). The number of nitrogens with zero attached hydrogens (tertiary/aromatic N) is 1. The van der Waals surface area contributed by atoms with E-state index in [1.165, 1.54) is 21.9 Å². The van der Waals surface area contributed by atoms with E-state index in [0.29, 0.717) is 6.42 Å². The van der Waals surface area contributed by atoms with E-state index in [2.05, 4.69) is 4.72 Å². The van der Waals surface area contributed by atoms with E-state index in [1.807, 2.05) is 0 Å². The van der Waals surface area contributed by atoms with E-state index in [-0.39, 0.29) is 25.5 Å². The molecular formula is C18H26FN3O5S. The normalized spacial score (nSPS) is 17.1. The van der Waals surface area contributed by atoms with E-state index in [4.69, 9.17) is 9.94 Å². The second kappa shape index (κ2) is 9.10. The number of ether oxygens (including phenoxy) is 1. The van der Waals surface area contributed by atoms with Crippen LogP contribution in [0.2, 0.25) is 0 Å². The third-order valence-corrected chi connectivity index (χ3v) is 5.72. The summed E-state index contributed by atoms with van der Waals surface area (Å²) in [5, 5.41) is 8.88. The van der Waals surface area contributed by atoms with Crippen LogP contribution in [0.3, 0.4) is 0 Å². The van der Waals surface area contributed by atoms with Gasteiger partial charge in [-0.3, -0.25) is 10.0 Å². The molecule has 0 spiro atoms. The molecule has 10 heteroatoms. The van der Waals surface area contributed by atoms with Crippen LogP contribution in [0.4, 0.5) is 4.39 Å². The van der Waals surface area contributed by atoms with Crippen LogP contribution >= 0.6 is 0 Å². The summed E-state index contributed by atoms with van der Waals surface area (Å²) >= 11 is 0. The highest BCUT2D eigenvalue weighted by atomic mass is 32.2. The highest BCUT2D eigenvalue weighted by molar-refractivity contribution is 7.87. The molecule has 0 saturated heterocycles. The Kier molecular flexibility index (Phi) is 7.29. The summed E-state index contributed by atoms with van der Waals surface area (Å²) in [5.74, 6) is -1.24. The summed E-state index contributed by atoms with van der Waals surface area (Å²) in [4.78, 5) is 11.8. The van der Waals surface area contributed by atoms with Crippen LogP contribution in [0.5, 0.6) is 0 Å². The van der Waals surface area contributed by atoms with Crippen molar-refractivity contribution in [2.24, 2.45) is 0 Å². The molecule has 1 aromatic rings. The van der Waals surface area contributed by atoms with Crippen LogP contribution in [-0.2, 0) is 19.7 Å². The number of benzene rings is 1. The number of hydrogen-bond donors (Lipinski definition) is 3. The Morgan fingerprint density at radius 2 is 1.96 bits per heavy atom. The van der Waals surface area contributed by atoms with E-state index >= 15 is 0 Å². The monoisotopic (exact) mass is 415 g/mol. The molecule has 0 aromatic heterocycles. The Labute approximate surface area is 164 Å². The predicted molar refractivity (Wildman–Crippen MR) is 102 cm³/mol. The van der Waals surface area contributed by atoms with Crippen molar-refractivity contribution in [1.82, 2.24) is 14.5 Å². The summed E-state index contributed by atoms with van der Waals surface area (Å²) in [5.41, 5.74) is 2.63. The maximum Gasteiger partial charge on any atom is 0.280 e. The first-order chi connectivity index (χ1) is 13.0. The second-order valence-electron chi connectivity index (χ2n) is 7.42. The van der Waals surface area contributed by atoms with Gasteiger partial charge >= 0.3 is 0 Å². The highest BCUT2D eigenvalue weighted by Crippen LogP contribution is 2.23. The molecule has 0 saturated carbocycles. The largest absolute Gasteiger partial charge is 0.374 e. The van der Waals surface area contributed by atoms with Gasteiger partial charge in [-0.25, -0.2) is 9.87 Å². The Morgan fingerprint density at radius 1 is 1.32 bits per heavy atom. The Hall–Kier alpha value is -1.85. The van der Waals surface area contributed by atoms with Crippen LogP contribution in [0.1, 0.15) is 32.8 Å². The third-order valence-electron chi connectivity index (χ3n) is 4.13. The van der Waals surface area contributed by atoms with Gasteiger partial charge in [-0.1, -0.05) is 18.2 Å². The zero-order chi connectivity index (χ0) is 20.9. The van der Waals surface area contributed by atoms with Crippen molar-refractivity contribution in [2.45, 2.75) is 38.8 Å². The summed E-state index contributed by atoms with van der Waals surface area (Å²) in [6, 6.07) is 4.73. The van der Waals surface area contributed by atoms with Gasteiger partial charge in [0.15, 0.2) is 0 Å². The molecular weight excluding hydrogens is 389 g/mol. The lowest BCUT2D eigenvalue weighted by atomic mass is 10.0. The maximum atomic E-state index is 13.0. The van der Waals surface area contributed by atoms with Gasteiger partial charge in [0.25, 0.3) is 16.1 Å². The minimum Gasteiger partial charge on any atom is -0.374 e. The van der Waals surface area contributed by atoms with Crippen LogP contribution < -0.4 is 10.2 Å². The summed E-state index contributed by atoms with van der Waals surface area (Å²) in [7, 11) is -3.99. The van der Waals surface area contributed by atoms with E-state index in [0.717, 1.165) is 11.1 Å². The molecule has 0 aliphatic carbocycles. The van der Waals surface area contributed by atoms with E-state index in [1.54, 1.807) is 39.0 Å². The van der Waals surface area contributed by atoms with Crippen LogP contribution in [0, 0.1) is 5.82 Å². The minimum absolute atomic E-state index is 0.107. The van der Waals surface area contributed by atoms with Gasteiger partial charge in [0.05, 0.1) is 12.2 Å². The van der Waals surface area contributed by atoms with Crippen molar-refractivity contribution in [3.05, 3.63) is 41.7 Å². The summed E-state index contributed by atoms with van der Waals surface area (Å²) in [6.07, 6.45) is 2.20. The fourth-order valence-corrected chi connectivity index (χ4v) is 3.91. The van der Waals surface area contributed by atoms with Crippen LogP contribution in [-0.4, -0.2) is 55.2 Å². The van der Waals surface area contributed by atoms with Crippen molar-refractivity contribution in [2.75, 3.05) is 19.7 Å². The SMILES string of the molecule is CC(C)(C)OCC(NS(=O)(=O)N1CC=C(c2ccc(F)cc2)CC1)C(=O)NO. The predicted octanol–water partition coefficient (Wildman–Crippen LogP) is 1.44. The quantitative estimate of drug-likeness (QED) is 0.461. The maximum absolute atomic E-state index is 13.0. The number of rotatable bonds is 7. The van der Waals surface area contributed by atoms with Crippen LogP contribution in [0.25, 0.3) is 5.57 Å². The average molecular weight is 415 g/mol. The van der Waals surface area contributed by atoms with Crippen molar-refractivity contribution in [3.63, 3.8) is 0 Å². The highest BCUT2D eigenvalue weighted by Gasteiger charge is 2.31. The zero-order valence-corrected chi connectivity index (χ0v) is 16.9. The van der Waals surface area contributed by atoms with Gasteiger partial charge in [0.2, 0.25) is 0 Å². The van der Waals surface area contributed by atoms with Crippen LogP contribution in [0.15, 0.2) is 30.3 Å². The summed E-state index contributed by atoms with van der Waals surface area (Å²) < 4.78 is 47.3. The molecule has 0 fully saturated rings. The number of carbonyl (C=O) groups is 1. The minimum atomic E-state index is -3.99. The first-order valence-corrected chi connectivity index (χ1v) is 10.3. The standard InChI is InChI=1S/C18H26FN3O5S/c1-18(2,3)27-12-16(17(23)20-24)21-28(25,26)22-10-8-14(9-11-22)13-4-6-15(19)7-5-13/h4-8,16,21,24H,9-12H2,1-3H3,(H,20,23). The molecule has 1 unspecified atom stereocenters. The fourth-order valence-electron chi connectivity index (χ4n) is 2.62. The van der Waals surface area contributed by atoms with E-state index < -0.39 is 27.8 Å². The van der Waals surface area contributed by atoms with Crippen molar-refractivity contribution in [1.29, 1.82) is 0 Å². The lowest BCUT2D eigenvalue weighted by molar-refractivity contribution is -0.133. The van der Waals surface area contributed by atoms with Gasteiger partial charge in [-0.05, 0) is 50.5 Å². The molecule has 1 aliphatic heterocycles. The number of nitrogens with one attached hydrogen (secondary N) is 2. The number of hydrogen-bond acceptors (Lipinski definition) is 5. The Balaban J connectivity index is 2.06. The van der Waals surface area contributed by atoms with Crippen molar-refractivity contribution >= 4 is 21.7 Å². The molecule has 1 heterocycles. The molecule has 1 aliphatic rings. The van der Waals surface area contributed by atoms with Crippen molar-refractivity contribution < 1.29 is 27.5 Å². The molecule has 3 N–H and O–H groups in total. The Bertz CT molecular complexity index is 819. The van der Waals surface area contributed by atoms with Gasteiger partial charge in [0.1, 0.15) is 11.9 Å². The number of hydroxylamine groups is 1. The first-order valence-electron chi connectivity index (χ1n) is 8.82. The molecule has 0 bridgehead atoms. The fraction of sp³-hybridized carbons (Fsp3) is 0.500. The molecule has 1 aromatic carbocycles. The van der Waals surface area contributed by atoms with Gasteiger partial charge < -0.3 is 4.74 Å². The van der Waals surface area contributed by atoms with E-state index in [9.17, 15) is 17.6 Å². The zero-order valence-electron chi connectivity index (χ0n) is 16.1. The van der Waals surface area contributed by atoms with Gasteiger partial charge in [-0.2, -0.15) is 17.4 Å². The number of amides is 1. The Morgan fingerprint density at radius 3 is 2.46 bits per heavy atom. The number of halogens is 1. The molecule has 28 heavy (non-hydrogen) atoms. The summed E-state index contributed by atoms with van der Waals surface area (Å²) in [6.45, 7) is 5.37. The molecule has 0 radical (unpaired) electrons. The molecule has 1 amide bonds. The molecule has 8 nitrogen and oxygen atoms in total. The first kappa shape index (κ1) is 22.4. The number of carbonyl (C=O) groups excluding carboxylic acids is 1. The van der Waals surface area contributed by atoms with Crippen molar-refractivity contribution in [3.8, 4) is 0 Å². The van der Waals surface area contributed by atoms with Gasteiger partial charge in [0, 0.05) is 13.1 Å². The lowest BCUT2D eigenvalue weighted by Crippen LogP contribution is -2.54. The second-order valence-corrected chi connectivity index (χ2v) is 9.12. The van der Waals surface area contributed by atoms with Gasteiger partial charge in [-0.15, -0.1) is 0 Å². The third kappa shape index (κ3) is 6.35.